The van der Waals surface area contributed by atoms with Gasteiger partial charge in [-0.1, -0.05) is 25.4 Å². The molecule has 0 spiro atoms. The summed E-state index contributed by atoms with van der Waals surface area (Å²) in [4.78, 5) is 11.1. The number of halogens is 1. The summed E-state index contributed by atoms with van der Waals surface area (Å²) in [6.07, 6.45) is 2.16. The average molecular weight is 254 g/mol. The Labute approximate surface area is 108 Å². The Kier molecular flexibility index (Phi) is 3.57. The van der Waals surface area contributed by atoms with Crippen molar-refractivity contribution in [2.75, 3.05) is 18.5 Å². The maximum absolute atomic E-state index is 6.14. The van der Waals surface area contributed by atoms with Crippen molar-refractivity contribution in [3.8, 4) is 0 Å². The van der Waals surface area contributed by atoms with E-state index >= 15 is 0 Å². The van der Waals surface area contributed by atoms with E-state index < -0.39 is 0 Å². The third-order valence-electron chi connectivity index (χ3n) is 3.57. The van der Waals surface area contributed by atoms with Crippen LogP contribution in [-0.2, 0) is 6.42 Å². The first-order chi connectivity index (χ1) is 8.02. The van der Waals surface area contributed by atoms with Gasteiger partial charge in [0.25, 0.3) is 0 Å². The van der Waals surface area contributed by atoms with E-state index in [9.17, 15) is 0 Å². The van der Waals surface area contributed by atoms with Gasteiger partial charge in [-0.05, 0) is 25.2 Å². The topological polar surface area (TPSA) is 29.0 Å². The van der Waals surface area contributed by atoms with Crippen molar-refractivity contribution in [2.24, 2.45) is 11.8 Å². The summed E-state index contributed by atoms with van der Waals surface area (Å²) in [6.45, 7) is 7.41. The highest BCUT2D eigenvalue weighted by Gasteiger charge is 2.33. The Hall–Kier alpha value is -0.830. The van der Waals surface area contributed by atoms with Crippen LogP contribution < -0.4 is 4.90 Å². The Morgan fingerprint density at radius 2 is 2.06 bits per heavy atom. The van der Waals surface area contributed by atoms with Gasteiger partial charge in [0.15, 0.2) is 0 Å². The zero-order chi connectivity index (χ0) is 12.6. The molecule has 3 nitrogen and oxygen atoms in total. The zero-order valence-electron chi connectivity index (χ0n) is 11.0. The van der Waals surface area contributed by atoms with Crippen LogP contribution in [0.5, 0.6) is 0 Å². The number of anilines is 1. The second kappa shape index (κ2) is 4.81. The molecular formula is C13H20ClN3. The van der Waals surface area contributed by atoms with Crippen molar-refractivity contribution in [3.05, 3.63) is 16.5 Å². The van der Waals surface area contributed by atoms with Crippen molar-refractivity contribution in [1.82, 2.24) is 9.97 Å². The molecule has 0 aliphatic heterocycles. The van der Waals surface area contributed by atoms with Crippen LogP contribution >= 0.6 is 11.6 Å². The number of rotatable bonds is 4. The number of nitrogens with zero attached hydrogens (tertiary/aromatic N) is 3. The van der Waals surface area contributed by atoms with Gasteiger partial charge < -0.3 is 4.90 Å². The van der Waals surface area contributed by atoms with Crippen molar-refractivity contribution in [3.63, 3.8) is 0 Å². The van der Waals surface area contributed by atoms with E-state index in [1.165, 1.54) is 6.42 Å². The minimum Gasteiger partial charge on any atom is -0.359 e. The van der Waals surface area contributed by atoms with Gasteiger partial charge in [-0.2, -0.15) is 0 Å². The zero-order valence-corrected chi connectivity index (χ0v) is 11.8. The lowest BCUT2D eigenvalue weighted by Crippen LogP contribution is -2.23. The molecule has 1 aliphatic rings. The smallest absolute Gasteiger partial charge is 0.137 e. The summed E-state index contributed by atoms with van der Waals surface area (Å²) < 4.78 is 0. The van der Waals surface area contributed by atoms with Crippen LogP contribution in [0, 0.1) is 18.8 Å². The van der Waals surface area contributed by atoms with Gasteiger partial charge in [-0.3, -0.25) is 0 Å². The van der Waals surface area contributed by atoms with E-state index in [0.29, 0.717) is 5.15 Å². The second-order valence-corrected chi connectivity index (χ2v) is 5.44. The highest BCUT2D eigenvalue weighted by atomic mass is 35.5. The molecule has 2 atom stereocenters. The monoisotopic (exact) mass is 253 g/mol. The number of hydrogen-bond acceptors (Lipinski definition) is 3. The van der Waals surface area contributed by atoms with Crippen molar-refractivity contribution in [1.29, 1.82) is 0 Å². The van der Waals surface area contributed by atoms with Crippen LogP contribution in [0.3, 0.4) is 0 Å². The van der Waals surface area contributed by atoms with Crippen LogP contribution in [0.2, 0.25) is 5.15 Å². The molecule has 1 heterocycles. The summed E-state index contributed by atoms with van der Waals surface area (Å²) in [6, 6.07) is 0. The molecule has 2 rings (SSSR count). The molecule has 0 amide bonds. The van der Waals surface area contributed by atoms with Crippen LogP contribution in [0.1, 0.15) is 31.7 Å². The Morgan fingerprint density at radius 1 is 1.41 bits per heavy atom. The minimum absolute atomic E-state index is 0.586. The van der Waals surface area contributed by atoms with Crippen LogP contribution in [0.4, 0.5) is 5.82 Å². The number of hydrogen-bond donors (Lipinski definition) is 0. The van der Waals surface area contributed by atoms with Crippen LogP contribution in [0.15, 0.2) is 0 Å². The lowest BCUT2D eigenvalue weighted by Gasteiger charge is -2.21. The summed E-state index contributed by atoms with van der Waals surface area (Å²) in [5, 5.41) is 0.586. The van der Waals surface area contributed by atoms with Gasteiger partial charge in [0.05, 0.1) is 0 Å². The van der Waals surface area contributed by atoms with E-state index in [-0.39, 0.29) is 0 Å². The van der Waals surface area contributed by atoms with Gasteiger partial charge in [0, 0.05) is 25.6 Å². The third-order valence-corrected chi connectivity index (χ3v) is 3.94. The van der Waals surface area contributed by atoms with Crippen molar-refractivity contribution < 1.29 is 0 Å². The van der Waals surface area contributed by atoms with Gasteiger partial charge in [0.2, 0.25) is 0 Å². The van der Waals surface area contributed by atoms with Gasteiger partial charge in [-0.25, -0.2) is 9.97 Å². The lowest BCUT2D eigenvalue weighted by atomic mass is 10.2. The largest absolute Gasteiger partial charge is 0.359 e. The second-order valence-electron chi connectivity index (χ2n) is 5.09. The quantitative estimate of drug-likeness (QED) is 0.773. The molecule has 0 radical (unpaired) electrons. The SMILES string of the molecule is CCc1nc(Cl)c(C)c(N(C)CC2CC2C)n1. The molecule has 1 aromatic rings. The molecule has 0 N–H and O–H groups in total. The van der Waals surface area contributed by atoms with Gasteiger partial charge in [0.1, 0.15) is 16.8 Å². The molecular weight excluding hydrogens is 234 g/mol. The summed E-state index contributed by atoms with van der Waals surface area (Å²) >= 11 is 6.14. The third kappa shape index (κ3) is 2.71. The van der Waals surface area contributed by atoms with Gasteiger partial charge in [-0.15, -0.1) is 0 Å². The molecule has 4 heteroatoms. The van der Waals surface area contributed by atoms with E-state index in [0.717, 1.165) is 42.0 Å². The van der Waals surface area contributed by atoms with E-state index in [1.54, 1.807) is 0 Å². The molecule has 1 aromatic heterocycles. The molecule has 94 valence electrons. The average Bonchev–Trinajstić information content (AvgIpc) is 2.97. The maximum Gasteiger partial charge on any atom is 0.137 e. The first-order valence-electron chi connectivity index (χ1n) is 6.27. The Morgan fingerprint density at radius 3 is 2.59 bits per heavy atom. The Balaban J connectivity index is 2.20. The fourth-order valence-corrected chi connectivity index (χ4v) is 2.32. The molecule has 0 bridgehead atoms. The predicted molar refractivity (Wildman–Crippen MR) is 71.7 cm³/mol. The highest BCUT2D eigenvalue weighted by molar-refractivity contribution is 6.30. The molecule has 1 fully saturated rings. The molecule has 2 unspecified atom stereocenters. The fourth-order valence-electron chi connectivity index (χ4n) is 2.14. The first kappa shape index (κ1) is 12.6. The van der Waals surface area contributed by atoms with E-state index in [4.69, 9.17) is 11.6 Å². The van der Waals surface area contributed by atoms with Gasteiger partial charge >= 0.3 is 0 Å². The molecule has 17 heavy (non-hydrogen) atoms. The normalized spacial score (nSPS) is 22.6. The number of aryl methyl sites for hydroxylation is 1. The first-order valence-corrected chi connectivity index (χ1v) is 6.64. The minimum atomic E-state index is 0.586. The van der Waals surface area contributed by atoms with Crippen LogP contribution in [0.25, 0.3) is 0 Å². The molecule has 1 aliphatic carbocycles. The highest BCUT2D eigenvalue weighted by Crippen LogP contribution is 2.39. The Bertz CT molecular complexity index is 419. The maximum atomic E-state index is 6.14. The van der Waals surface area contributed by atoms with E-state index in [1.807, 2.05) is 13.8 Å². The van der Waals surface area contributed by atoms with E-state index in [2.05, 4.69) is 28.8 Å². The standard InChI is InChI=1S/C13H20ClN3/c1-5-11-15-12(14)9(3)13(16-11)17(4)7-10-6-8(10)2/h8,10H,5-7H2,1-4H3. The lowest BCUT2D eigenvalue weighted by molar-refractivity contribution is 0.714. The van der Waals surface area contributed by atoms with Crippen molar-refractivity contribution >= 4 is 17.4 Å². The summed E-state index contributed by atoms with van der Waals surface area (Å²) in [5.41, 5.74) is 0.986. The van der Waals surface area contributed by atoms with Crippen LogP contribution in [-0.4, -0.2) is 23.6 Å². The summed E-state index contributed by atoms with van der Waals surface area (Å²) in [7, 11) is 2.09. The number of aromatic nitrogens is 2. The summed E-state index contributed by atoms with van der Waals surface area (Å²) in [5.74, 6) is 3.49. The predicted octanol–water partition coefficient (Wildman–Crippen LogP) is 3.09. The van der Waals surface area contributed by atoms with Crippen molar-refractivity contribution in [2.45, 2.75) is 33.6 Å². The molecule has 0 saturated heterocycles. The molecule has 0 aromatic carbocycles. The fraction of sp³-hybridized carbons (Fsp3) is 0.692. The molecule has 1 saturated carbocycles.